The summed E-state index contributed by atoms with van der Waals surface area (Å²) >= 11 is 5.96. The highest BCUT2D eigenvalue weighted by molar-refractivity contribution is 6.30. The summed E-state index contributed by atoms with van der Waals surface area (Å²) in [4.78, 5) is 18.6. The van der Waals surface area contributed by atoms with Crippen molar-refractivity contribution >= 4 is 17.3 Å². The Hall–Kier alpha value is -2.41. The van der Waals surface area contributed by atoms with Crippen molar-refractivity contribution in [1.82, 2.24) is 9.97 Å². The highest BCUT2D eigenvalue weighted by atomic mass is 35.5. The Labute approximate surface area is 125 Å². The molecule has 110 valence electrons. The highest BCUT2D eigenvalue weighted by Gasteiger charge is 2.19. The summed E-state index contributed by atoms with van der Waals surface area (Å²) in [6.45, 7) is 3.32. The zero-order valence-corrected chi connectivity index (χ0v) is 12.3. The van der Waals surface area contributed by atoms with Crippen molar-refractivity contribution in [2.75, 3.05) is 7.11 Å². The molecular weight excluding hydrogens is 298 g/mol. The number of aryl methyl sites for hydroxylation is 1. The third-order valence-electron chi connectivity index (χ3n) is 2.72. The van der Waals surface area contributed by atoms with E-state index in [0.29, 0.717) is 17.1 Å². The summed E-state index contributed by atoms with van der Waals surface area (Å²) in [5.74, 6) is 1.04. The minimum atomic E-state index is -0.542. The molecule has 7 nitrogen and oxygen atoms in total. The number of nitrogens with zero attached hydrogens (tertiary/aromatic N) is 3. The maximum Gasteiger partial charge on any atom is 0.311 e. The lowest BCUT2D eigenvalue weighted by Gasteiger charge is -2.10. The predicted molar refractivity (Wildman–Crippen MR) is 76.2 cm³/mol. The monoisotopic (exact) mass is 309 g/mol. The Morgan fingerprint density at radius 3 is 2.62 bits per heavy atom. The van der Waals surface area contributed by atoms with Crippen molar-refractivity contribution in [3.05, 3.63) is 44.9 Å². The van der Waals surface area contributed by atoms with Gasteiger partial charge in [0.1, 0.15) is 16.7 Å². The van der Waals surface area contributed by atoms with Crippen molar-refractivity contribution in [1.29, 1.82) is 0 Å². The largest absolute Gasteiger partial charge is 0.497 e. The summed E-state index contributed by atoms with van der Waals surface area (Å²) in [6.07, 6.45) is 0. The van der Waals surface area contributed by atoms with Gasteiger partial charge in [0, 0.05) is 17.7 Å². The zero-order chi connectivity index (χ0) is 15.6. The highest BCUT2D eigenvalue weighted by Crippen LogP contribution is 2.35. The number of rotatable bonds is 4. The van der Waals surface area contributed by atoms with Crippen LogP contribution in [0.1, 0.15) is 11.4 Å². The molecule has 1 aromatic heterocycles. The molecule has 2 rings (SSSR count). The molecule has 0 aliphatic heterocycles. The van der Waals surface area contributed by atoms with Crippen LogP contribution in [-0.2, 0) is 0 Å². The lowest BCUT2D eigenvalue weighted by atomic mass is 10.2. The molecule has 0 saturated carbocycles. The molecule has 1 aromatic carbocycles. The van der Waals surface area contributed by atoms with Crippen LogP contribution >= 0.6 is 11.6 Å². The van der Waals surface area contributed by atoms with E-state index in [-0.39, 0.29) is 22.5 Å². The van der Waals surface area contributed by atoms with Gasteiger partial charge in [-0.15, -0.1) is 0 Å². The standard InChI is InChI=1S/C13H12ClN3O4/c1-7-12(14)15-8(2)16-13(7)21-11-6-9(20-3)4-5-10(11)17(18)19/h4-6H,1-3H3. The predicted octanol–water partition coefficient (Wildman–Crippen LogP) is 3.46. The van der Waals surface area contributed by atoms with Crippen LogP contribution in [-0.4, -0.2) is 22.0 Å². The minimum absolute atomic E-state index is 0.0246. The van der Waals surface area contributed by atoms with E-state index < -0.39 is 4.92 Å². The van der Waals surface area contributed by atoms with Gasteiger partial charge in [0.2, 0.25) is 11.6 Å². The van der Waals surface area contributed by atoms with Crippen LogP contribution in [0.15, 0.2) is 18.2 Å². The maximum absolute atomic E-state index is 11.1. The third kappa shape index (κ3) is 3.19. The van der Waals surface area contributed by atoms with E-state index in [1.54, 1.807) is 13.8 Å². The molecule has 0 N–H and O–H groups in total. The summed E-state index contributed by atoms with van der Waals surface area (Å²) in [5, 5.41) is 11.3. The SMILES string of the molecule is COc1ccc([N+](=O)[O-])c(Oc2nc(C)nc(Cl)c2C)c1. The maximum atomic E-state index is 11.1. The van der Waals surface area contributed by atoms with Gasteiger partial charge in [-0.2, -0.15) is 4.98 Å². The van der Waals surface area contributed by atoms with E-state index in [0.717, 1.165) is 0 Å². The minimum Gasteiger partial charge on any atom is -0.497 e. The average molecular weight is 310 g/mol. The Morgan fingerprint density at radius 2 is 2.00 bits per heavy atom. The first-order valence-electron chi connectivity index (χ1n) is 5.93. The normalized spacial score (nSPS) is 10.3. The summed E-state index contributed by atoms with van der Waals surface area (Å²) in [6, 6.07) is 4.21. The van der Waals surface area contributed by atoms with Crippen molar-refractivity contribution in [2.24, 2.45) is 0 Å². The number of hydrogen-bond acceptors (Lipinski definition) is 6. The Bertz CT molecular complexity index is 706. The number of nitro groups is 1. The van der Waals surface area contributed by atoms with Gasteiger partial charge in [0.05, 0.1) is 12.0 Å². The number of nitro benzene ring substituents is 1. The molecule has 0 saturated heterocycles. The summed E-state index contributed by atoms with van der Waals surface area (Å²) in [5.41, 5.74) is 0.307. The number of benzene rings is 1. The fraction of sp³-hybridized carbons (Fsp3) is 0.231. The van der Waals surface area contributed by atoms with E-state index in [4.69, 9.17) is 21.1 Å². The quantitative estimate of drug-likeness (QED) is 0.488. The summed E-state index contributed by atoms with van der Waals surface area (Å²) < 4.78 is 10.6. The van der Waals surface area contributed by atoms with Gasteiger partial charge >= 0.3 is 5.69 Å². The number of ether oxygens (including phenoxy) is 2. The lowest BCUT2D eigenvalue weighted by molar-refractivity contribution is -0.385. The van der Waals surface area contributed by atoms with E-state index >= 15 is 0 Å². The van der Waals surface area contributed by atoms with E-state index in [2.05, 4.69) is 9.97 Å². The molecule has 0 unspecified atom stereocenters. The van der Waals surface area contributed by atoms with Gasteiger partial charge in [-0.1, -0.05) is 11.6 Å². The number of methoxy groups -OCH3 is 1. The van der Waals surface area contributed by atoms with E-state index in [1.807, 2.05) is 0 Å². The van der Waals surface area contributed by atoms with Crippen LogP contribution in [0.5, 0.6) is 17.4 Å². The molecule has 0 aliphatic carbocycles. The van der Waals surface area contributed by atoms with Gasteiger partial charge in [0.15, 0.2) is 0 Å². The molecule has 1 heterocycles. The van der Waals surface area contributed by atoms with Crippen LogP contribution in [0.2, 0.25) is 5.15 Å². The van der Waals surface area contributed by atoms with Crippen LogP contribution in [0.25, 0.3) is 0 Å². The number of hydrogen-bond donors (Lipinski definition) is 0. The second-order valence-electron chi connectivity index (χ2n) is 4.18. The molecule has 0 bridgehead atoms. The van der Waals surface area contributed by atoms with Gasteiger partial charge in [-0.25, -0.2) is 4.98 Å². The molecule has 21 heavy (non-hydrogen) atoms. The molecule has 0 aliphatic rings. The molecular formula is C13H12ClN3O4. The fourth-order valence-electron chi connectivity index (χ4n) is 1.63. The molecule has 0 atom stereocenters. The number of halogens is 1. The van der Waals surface area contributed by atoms with Crippen LogP contribution < -0.4 is 9.47 Å². The molecule has 8 heteroatoms. The summed E-state index contributed by atoms with van der Waals surface area (Å²) in [7, 11) is 1.46. The van der Waals surface area contributed by atoms with Crippen LogP contribution in [0.3, 0.4) is 0 Å². The average Bonchev–Trinajstić information content (AvgIpc) is 2.43. The van der Waals surface area contributed by atoms with Crippen molar-refractivity contribution in [3.63, 3.8) is 0 Å². The molecule has 2 aromatic rings. The Kier molecular flexibility index (Phi) is 4.23. The van der Waals surface area contributed by atoms with E-state index in [1.165, 1.54) is 25.3 Å². The molecule has 0 amide bonds. The lowest BCUT2D eigenvalue weighted by Crippen LogP contribution is -2.00. The smallest absolute Gasteiger partial charge is 0.311 e. The molecule has 0 radical (unpaired) electrons. The Balaban J connectivity index is 2.50. The van der Waals surface area contributed by atoms with E-state index in [9.17, 15) is 10.1 Å². The topological polar surface area (TPSA) is 87.4 Å². The third-order valence-corrected chi connectivity index (χ3v) is 3.09. The zero-order valence-electron chi connectivity index (χ0n) is 11.6. The number of aromatic nitrogens is 2. The molecule has 0 spiro atoms. The fourth-order valence-corrected chi connectivity index (χ4v) is 1.83. The van der Waals surface area contributed by atoms with Gasteiger partial charge in [-0.05, 0) is 19.9 Å². The first-order chi connectivity index (χ1) is 9.92. The van der Waals surface area contributed by atoms with Crippen molar-refractivity contribution < 1.29 is 14.4 Å². The van der Waals surface area contributed by atoms with Crippen LogP contribution in [0, 0.1) is 24.0 Å². The van der Waals surface area contributed by atoms with Crippen molar-refractivity contribution in [2.45, 2.75) is 13.8 Å². The van der Waals surface area contributed by atoms with Gasteiger partial charge in [-0.3, -0.25) is 10.1 Å². The van der Waals surface area contributed by atoms with Crippen molar-refractivity contribution in [3.8, 4) is 17.4 Å². The van der Waals surface area contributed by atoms with Gasteiger partial charge < -0.3 is 9.47 Å². The first kappa shape index (κ1) is 15.0. The second kappa shape index (κ2) is 5.92. The van der Waals surface area contributed by atoms with Gasteiger partial charge in [0.25, 0.3) is 0 Å². The van der Waals surface area contributed by atoms with Crippen LogP contribution in [0.4, 0.5) is 5.69 Å². The first-order valence-corrected chi connectivity index (χ1v) is 6.31. The second-order valence-corrected chi connectivity index (χ2v) is 4.54. The Morgan fingerprint density at radius 1 is 1.29 bits per heavy atom. The molecule has 0 fully saturated rings.